The van der Waals surface area contributed by atoms with E-state index >= 15 is 0 Å². The van der Waals surface area contributed by atoms with Gasteiger partial charge in [-0.1, -0.05) is 6.07 Å². The van der Waals surface area contributed by atoms with E-state index in [9.17, 15) is 19.7 Å². The van der Waals surface area contributed by atoms with Crippen LogP contribution in [0.4, 0.5) is 5.69 Å². The van der Waals surface area contributed by atoms with Crippen LogP contribution in [0.5, 0.6) is 0 Å². The summed E-state index contributed by atoms with van der Waals surface area (Å²) in [5.41, 5.74) is 0.295. The number of rotatable bonds is 8. The normalized spacial score (nSPS) is 9.88. The molecule has 1 aromatic carbocycles. The zero-order chi connectivity index (χ0) is 18.1. The lowest BCUT2D eigenvalue weighted by molar-refractivity contribution is -0.385. The summed E-state index contributed by atoms with van der Waals surface area (Å²) in [6.45, 7) is 3.65. The fourth-order valence-electron chi connectivity index (χ4n) is 2.18. The number of carbonyl (C=O) groups excluding carboxylic acids is 2. The van der Waals surface area contributed by atoms with Gasteiger partial charge in [0.15, 0.2) is 0 Å². The quantitative estimate of drug-likeness (QED) is 0.409. The molecule has 0 aliphatic heterocycles. The smallest absolute Gasteiger partial charge is 0.307 e. The van der Waals surface area contributed by atoms with Gasteiger partial charge < -0.3 is 9.64 Å². The number of ether oxygens (including phenoxy) is 1. The van der Waals surface area contributed by atoms with Crippen LogP contribution >= 0.6 is 0 Å². The molecule has 1 aromatic rings. The topological polar surface area (TPSA) is 114 Å². The van der Waals surface area contributed by atoms with Gasteiger partial charge in [-0.2, -0.15) is 5.26 Å². The van der Waals surface area contributed by atoms with Crippen molar-refractivity contribution >= 4 is 17.6 Å². The van der Waals surface area contributed by atoms with E-state index in [0.29, 0.717) is 0 Å². The molecule has 0 bridgehead atoms. The molecule has 8 heteroatoms. The van der Waals surface area contributed by atoms with Crippen molar-refractivity contribution in [1.29, 1.82) is 5.26 Å². The van der Waals surface area contributed by atoms with Crippen LogP contribution < -0.4 is 0 Å². The van der Waals surface area contributed by atoms with E-state index < -0.39 is 16.8 Å². The third-order valence-electron chi connectivity index (χ3n) is 3.40. The second-order valence-electron chi connectivity index (χ2n) is 4.96. The Morgan fingerprint density at radius 1 is 1.38 bits per heavy atom. The van der Waals surface area contributed by atoms with Crippen LogP contribution in [0, 0.1) is 28.4 Å². The maximum Gasteiger partial charge on any atom is 0.307 e. The minimum Gasteiger partial charge on any atom is -0.466 e. The number of nitrogens with zero attached hydrogens (tertiary/aromatic N) is 3. The molecule has 0 heterocycles. The molecular weight excluding hydrogens is 314 g/mol. The van der Waals surface area contributed by atoms with Crippen molar-refractivity contribution in [3.05, 3.63) is 39.4 Å². The maximum absolute atomic E-state index is 12.7. The standard InChI is InChI=1S/C16H19N3O5/c1-3-24-15(20)8-11-18(10-5-9-17)16(21)13-6-4-7-14(12(13)2)19(22)23/h4,6-7H,3,5,8,10-11H2,1-2H3. The Hall–Kier alpha value is -2.95. The molecule has 0 saturated carbocycles. The summed E-state index contributed by atoms with van der Waals surface area (Å²) >= 11 is 0. The van der Waals surface area contributed by atoms with Crippen LogP contribution in [0.15, 0.2) is 18.2 Å². The maximum atomic E-state index is 12.7. The van der Waals surface area contributed by atoms with Crippen molar-refractivity contribution in [1.82, 2.24) is 4.90 Å². The van der Waals surface area contributed by atoms with Crippen LogP contribution in [-0.4, -0.2) is 41.4 Å². The molecule has 24 heavy (non-hydrogen) atoms. The zero-order valence-electron chi connectivity index (χ0n) is 13.7. The molecule has 1 amide bonds. The van der Waals surface area contributed by atoms with Crippen molar-refractivity contribution in [2.45, 2.75) is 26.7 Å². The summed E-state index contributed by atoms with van der Waals surface area (Å²) in [6.07, 6.45) is 0.0987. The van der Waals surface area contributed by atoms with Crippen LogP contribution in [0.3, 0.4) is 0 Å². The van der Waals surface area contributed by atoms with Gasteiger partial charge in [0.25, 0.3) is 11.6 Å². The Bertz CT molecular complexity index is 666. The van der Waals surface area contributed by atoms with Crippen molar-refractivity contribution in [2.24, 2.45) is 0 Å². The fraction of sp³-hybridized carbons (Fsp3) is 0.438. The van der Waals surface area contributed by atoms with Crippen molar-refractivity contribution in [3.63, 3.8) is 0 Å². The van der Waals surface area contributed by atoms with E-state index in [1.807, 2.05) is 6.07 Å². The molecule has 0 aromatic heterocycles. The van der Waals surface area contributed by atoms with Gasteiger partial charge in [-0.05, 0) is 19.9 Å². The van der Waals surface area contributed by atoms with Crippen LogP contribution in [0.1, 0.15) is 35.7 Å². The number of benzene rings is 1. The van der Waals surface area contributed by atoms with Crippen molar-refractivity contribution < 1.29 is 19.2 Å². The van der Waals surface area contributed by atoms with E-state index in [-0.39, 0.29) is 49.4 Å². The molecule has 128 valence electrons. The highest BCUT2D eigenvalue weighted by Crippen LogP contribution is 2.22. The third kappa shape index (κ3) is 5.05. The molecule has 0 radical (unpaired) electrons. The van der Waals surface area contributed by atoms with Gasteiger partial charge >= 0.3 is 5.97 Å². The highest BCUT2D eigenvalue weighted by Gasteiger charge is 2.22. The predicted molar refractivity (Wildman–Crippen MR) is 85.2 cm³/mol. The van der Waals surface area contributed by atoms with Crippen molar-refractivity contribution in [2.75, 3.05) is 19.7 Å². The van der Waals surface area contributed by atoms with E-state index in [1.54, 1.807) is 6.92 Å². The minimum atomic E-state index is -0.551. The zero-order valence-corrected chi connectivity index (χ0v) is 13.7. The molecule has 0 spiro atoms. The van der Waals surface area contributed by atoms with Gasteiger partial charge in [0.05, 0.1) is 30.4 Å². The Kier molecular flexibility index (Phi) is 7.36. The summed E-state index contributed by atoms with van der Waals surface area (Å²) in [4.78, 5) is 35.9. The van der Waals surface area contributed by atoms with E-state index in [2.05, 4.69) is 0 Å². The number of hydrogen-bond acceptors (Lipinski definition) is 6. The number of nitriles is 1. The van der Waals surface area contributed by atoms with Gasteiger partial charge in [-0.25, -0.2) is 0 Å². The molecule has 0 N–H and O–H groups in total. The number of nitro groups is 1. The Balaban J connectivity index is 2.99. The first-order chi connectivity index (χ1) is 11.4. The molecule has 0 unspecified atom stereocenters. The fourth-order valence-corrected chi connectivity index (χ4v) is 2.18. The molecule has 8 nitrogen and oxygen atoms in total. The minimum absolute atomic E-state index is 0.00101. The molecular formula is C16H19N3O5. The van der Waals surface area contributed by atoms with Gasteiger partial charge in [0, 0.05) is 30.3 Å². The average Bonchev–Trinajstić information content (AvgIpc) is 2.54. The molecule has 0 aliphatic rings. The molecule has 1 rings (SSSR count). The van der Waals surface area contributed by atoms with Crippen LogP contribution in [0.2, 0.25) is 0 Å². The SMILES string of the molecule is CCOC(=O)CCN(CCC#N)C(=O)c1cccc([N+](=O)[O-])c1C. The third-order valence-corrected chi connectivity index (χ3v) is 3.40. The Morgan fingerprint density at radius 3 is 2.67 bits per heavy atom. The highest BCUT2D eigenvalue weighted by molar-refractivity contribution is 5.96. The second-order valence-corrected chi connectivity index (χ2v) is 4.96. The second kappa shape index (κ2) is 9.25. The van der Waals surface area contributed by atoms with Crippen LogP contribution in [0.25, 0.3) is 0 Å². The Morgan fingerprint density at radius 2 is 2.08 bits per heavy atom. The first kappa shape index (κ1) is 19.1. The molecule has 0 aliphatic carbocycles. The summed E-state index contributed by atoms with van der Waals surface area (Å²) in [7, 11) is 0. The summed E-state index contributed by atoms with van der Waals surface area (Å²) in [5.74, 6) is -0.890. The van der Waals surface area contributed by atoms with Crippen molar-refractivity contribution in [3.8, 4) is 6.07 Å². The lowest BCUT2D eigenvalue weighted by Crippen LogP contribution is -2.34. The predicted octanol–water partition coefficient (Wildman–Crippen LogP) is 2.21. The van der Waals surface area contributed by atoms with Gasteiger partial charge in [-0.3, -0.25) is 19.7 Å². The highest BCUT2D eigenvalue weighted by atomic mass is 16.6. The van der Waals surface area contributed by atoms with Gasteiger partial charge in [-0.15, -0.1) is 0 Å². The first-order valence-corrected chi connectivity index (χ1v) is 7.48. The largest absolute Gasteiger partial charge is 0.466 e. The number of amides is 1. The Labute approximate surface area is 139 Å². The lowest BCUT2D eigenvalue weighted by atomic mass is 10.1. The number of esters is 1. The van der Waals surface area contributed by atoms with Gasteiger partial charge in [0.1, 0.15) is 0 Å². The average molecular weight is 333 g/mol. The van der Waals surface area contributed by atoms with E-state index in [4.69, 9.17) is 10.00 Å². The summed E-state index contributed by atoms with van der Waals surface area (Å²) in [5, 5.41) is 19.7. The van der Waals surface area contributed by atoms with E-state index in [1.165, 1.54) is 30.0 Å². The number of hydrogen-bond donors (Lipinski definition) is 0. The summed E-state index contributed by atoms with van der Waals surface area (Å²) in [6, 6.07) is 6.20. The molecule has 0 saturated heterocycles. The summed E-state index contributed by atoms with van der Waals surface area (Å²) < 4.78 is 4.83. The van der Waals surface area contributed by atoms with Gasteiger partial charge in [0.2, 0.25) is 0 Å². The first-order valence-electron chi connectivity index (χ1n) is 7.48. The van der Waals surface area contributed by atoms with E-state index in [0.717, 1.165) is 0 Å². The number of carbonyl (C=O) groups is 2. The molecule has 0 atom stereocenters. The lowest BCUT2D eigenvalue weighted by Gasteiger charge is -2.22. The van der Waals surface area contributed by atoms with Crippen LogP contribution in [-0.2, 0) is 9.53 Å². The molecule has 0 fully saturated rings. The number of nitro benzene ring substituents is 1. The monoisotopic (exact) mass is 333 g/mol.